The summed E-state index contributed by atoms with van der Waals surface area (Å²) in [5, 5.41) is 0. The smallest absolute Gasteiger partial charge is 0.469 e. The number of carbonyl (C=O) groups excluding carboxylic acids is 1. The lowest BCUT2D eigenvalue weighted by molar-refractivity contribution is 0.0571. The summed E-state index contributed by atoms with van der Waals surface area (Å²) in [7, 11) is 2.74. The van der Waals surface area contributed by atoms with E-state index < -0.39 is 11.6 Å². The highest BCUT2D eigenvalue weighted by Gasteiger charge is 2.30. The van der Waals surface area contributed by atoms with Crippen molar-refractivity contribution in [1.29, 1.82) is 0 Å². The molecule has 0 amide bonds. The number of anilines is 1. The third kappa shape index (κ3) is 5.31. The number of rotatable bonds is 6. The Morgan fingerprint density at radius 2 is 1.68 bits per heavy atom. The van der Waals surface area contributed by atoms with Gasteiger partial charge in [-0.05, 0) is 23.6 Å². The number of carbonyl (C=O) groups is 1. The van der Waals surface area contributed by atoms with Gasteiger partial charge in [0.15, 0.2) is 0 Å². The molecule has 0 saturated carbocycles. The molecule has 0 fully saturated rings. The van der Waals surface area contributed by atoms with Gasteiger partial charge in [-0.15, -0.1) is 0 Å². The molecule has 0 aromatic heterocycles. The average Bonchev–Trinajstić information content (AvgIpc) is 2.51. The second kappa shape index (κ2) is 7.68. The van der Waals surface area contributed by atoms with Crippen LogP contribution in [-0.4, -0.2) is 27.0 Å². The van der Waals surface area contributed by atoms with Crippen molar-refractivity contribution in [3.8, 4) is 5.75 Å². The molecule has 140 valence electrons. The largest absolute Gasteiger partial charge is 0.508 e. The quantitative estimate of drug-likeness (QED) is 0.472. The van der Waals surface area contributed by atoms with E-state index in [1.165, 1.54) is 14.2 Å². The molecule has 0 aliphatic carbocycles. The van der Waals surface area contributed by atoms with Gasteiger partial charge in [0, 0.05) is 22.7 Å². The van der Waals surface area contributed by atoms with Crippen LogP contribution < -0.4 is 10.5 Å². The topological polar surface area (TPSA) is 80.0 Å². The number of ether oxygens (including phenoxy) is 4. The van der Waals surface area contributed by atoms with Crippen molar-refractivity contribution in [1.82, 2.24) is 0 Å². The summed E-state index contributed by atoms with van der Waals surface area (Å²) in [6, 6.07) is 3.73. The summed E-state index contributed by atoms with van der Waals surface area (Å²) in [4.78, 5) is 11.3. The summed E-state index contributed by atoms with van der Waals surface area (Å²) < 4.78 is 20.4. The van der Waals surface area contributed by atoms with Gasteiger partial charge in [0.05, 0.1) is 14.2 Å². The SMILES string of the molecule is C=C(OC)Oc1cc(N)c(C(C)(C)C)cc1C(C)(C)COC(=O)OC. The van der Waals surface area contributed by atoms with E-state index in [1.54, 1.807) is 6.07 Å². The van der Waals surface area contributed by atoms with Gasteiger partial charge in [0.2, 0.25) is 0 Å². The molecule has 0 heterocycles. The monoisotopic (exact) mass is 351 g/mol. The average molecular weight is 351 g/mol. The number of methoxy groups -OCH3 is 2. The van der Waals surface area contributed by atoms with Crippen molar-refractivity contribution >= 4 is 11.8 Å². The molecule has 2 N–H and O–H groups in total. The maximum absolute atomic E-state index is 11.3. The van der Waals surface area contributed by atoms with Crippen molar-refractivity contribution in [2.45, 2.75) is 45.4 Å². The van der Waals surface area contributed by atoms with Crippen molar-refractivity contribution in [3.63, 3.8) is 0 Å². The first-order valence-electron chi connectivity index (χ1n) is 7.98. The van der Waals surface area contributed by atoms with E-state index in [1.807, 2.05) is 19.9 Å². The molecule has 0 radical (unpaired) electrons. The standard InChI is InChI=1S/C19H29NO5/c1-12(22-7)25-16-10-15(20)13(18(2,3)4)9-14(16)19(5,6)11-24-17(21)23-8/h9-10H,1,11,20H2,2-8H3. The summed E-state index contributed by atoms with van der Waals surface area (Å²) in [5.74, 6) is 0.657. The van der Waals surface area contributed by atoms with Crippen LogP contribution in [-0.2, 0) is 25.0 Å². The molecule has 0 atom stereocenters. The normalized spacial score (nSPS) is 11.6. The van der Waals surface area contributed by atoms with Gasteiger partial charge in [0.25, 0.3) is 5.95 Å². The number of nitrogen functional groups attached to an aromatic ring is 1. The van der Waals surface area contributed by atoms with E-state index in [2.05, 4.69) is 32.1 Å². The molecule has 6 nitrogen and oxygen atoms in total. The van der Waals surface area contributed by atoms with Gasteiger partial charge in [-0.1, -0.05) is 34.6 Å². The van der Waals surface area contributed by atoms with E-state index in [0.717, 1.165) is 11.1 Å². The molecule has 0 spiro atoms. The predicted octanol–water partition coefficient (Wildman–Crippen LogP) is 4.12. The molecule has 6 heteroatoms. The van der Waals surface area contributed by atoms with E-state index >= 15 is 0 Å². The first-order valence-corrected chi connectivity index (χ1v) is 7.98. The van der Waals surface area contributed by atoms with Crippen molar-refractivity contribution in [3.05, 3.63) is 35.8 Å². The molecular weight excluding hydrogens is 322 g/mol. The van der Waals surface area contributed by atoms with E-state index in [9.17, 15) is 4.79 Å². The summed E-state index contributed by atoms with van der Waals surface area (Å²) in [6.45, 7) is 13.9. The minimum atomic E-state index is -0.733. The third-order valence-electron chi connectivity index (χ3n) is 3.86. The molecule has 0 bridgehead atoms. The Labute approximate surface area is 149 Å². The molecular formula is C19H29NO5. The number of benzene rings is 1. The van der Waals surface area contributed by atoms with Gasteiger partial charge < -0.3 is 24.7 Å². The number of nitrogens with two attached hydrogens (primary N) is 1. The van der Waals surface area contributed by atoms with Crippen LogP contribution in [0, 0.1) is 0 Å². The van der Waals surface area contributed by atoms with Crippen molar-refractivity contribution in [2.75, 3.05) is 26.6 Å². The molecule has 1 aromatic rings. The van der Waals surface area contributed by atoms with Crippen LogP contribution in [0.4, 0.5) is 10.5 Å². The maximum Gasteiger partial charge on any atom is 0.508 e. The van der Waals surface area contributed by atoms with Gasteiger partial charge in [-0.2, -0.15) is 0 Å². The summed E-state index contributed by atoms with van der Waals surface area (Å²) in [5.41, 5.74) is 7.93. The first kappa shape index (κ1) is 20.7. The van der Waals surface area contributed by atoms with Crippen LogP contribution in [0.2, 0.25) is 0 Å². The Bertz CT molecular complexity index is 644. The highest BCUT2D eigenvalue weighted by molar-refractivity contribution is 5.61. The zero-order chi connectivity index (χ0) is 19.4. The molecule has 25 heavy (non-hydrogen) atoms. The highest BCUT2D eigenvalue weighted by atomic mass is 16.7. The Kier molecular flexibility index (Phi) is 6.35. The lowest BCUT2D eigenvalue weighted by Crippen LogP contribution is -2.28. The van der Waals surface area contributed by atoms with Crippen LogP contribution in [0.5, 0.6) is 5.75 Å². The Morgan fingerprint density at radius 3 is 2.16 bits per heavy atom. The van der Waals surface area contributed by atoms with Gasteiger partial charge in [-0.25, -0.2) is 4.79 Å². The van der Waals surface area contributed by atoms with E-state index in [0.29, 0.717) is 11.4 Å². The van der Waals surface area contributed by atoms with Crippen LogP contribution in [0.15, 0.2) is 24.7 Å². The molecule has 1 aromatic carbocycles. The van der Waals surface area contributed by atoms with Crippen molar-refractivity contribution in [2.24, 2.45) is 0 Å². The zero-order valence-electron chi connectivity index (χ0n) is 16.2. The van der Waals surface area contributed by atoms with Crippen LogP contribution in [0.25, 0.3) is 0 Å². The second-order valence-corrected chi connectivity index (χ2v) is 7.49. The van der Waals surface area contributed by atoms with Gasteiger partial charge in [0.1, 0.15) is 12.4 Å². The van der Waals surface area contributed by atoms with Crippen LogP contribution in [0.1, 0.15) is 45.7 Å². The number of hydrogen-bond donors (Lipinski definition) is 1. The molecule has 0 saturated heterocycles. The third-order valence-corrected chi connectivity index (χ3v) is 3.86. The van der Waals surface area contributed by atoms with E-state index in [-0.39, 0.29) is 18.0 Å². The minimum absolute atomic E-state index is 0.114. The first-order chi connectivity index (χ1) is 11.4. The van der Waals surface area contributed by atoms with Crippen molar-refractivity contribution < 1.29 is 23.7 Å². The van der Waals surface area contributed by atoms with Gasteiger partial charge in [-0.3, -0.25) is 0 Å². The lowest BCUT2D eigenvalue weighted by Gasteiger charge is -2.30. The Balaban J connectivity index is 3.40. The fourth-order valence-electron chi connectivity index (χ4n) is 2.40. The van der Waals surface area contributed by atoms with E-state index in [4.69, 9.17) is 19.9 Å². The zero-order valence-corrected chi connectivity index (χ0v) is 16.2. The molecule has 0 aliphatic heterocycles. The molecule has 0 unspecified atom stereocenters. The highest BCUT2D eigenvalue weighted by Crippen LogP contribution is 2.40. The Hall–Kier alpha value is -2.37. The summed E-state index contributed by atoms with van der Waals surface area (Å²) >= 11 is 0. The second-order valence-electron chi connectivity index (χ2n) is 7.49. The van der Waals surface area contributed by atoms with Gasteiger partial charge >= 0.3 is 6.16 Å². The van der Waals surface area contributed by atoms with Crippen LogP contribution in [0.3, 0.4) is 0 Å². The Morgan fingerprint density at radius 1 is 1.08 bits per heavy atom. The minimum Gasteiger partial charge on any atom is -0.469 e. The lowest BCUT2D eigenvalue weighted by atomic mass is 9.78. The number of hydrogen-bond acceptors (Lipinski definition) is 6. The molecule has 1 rings (SSSR count). The maximum atomic E-state index is 11.3. The summed E-state index contributed by atoms with van der Waals surface area (Å²) in [6.07, 6.45) is -0.733. The fourth-order valence-corrected chi connectivity index (χ4v) is 2.40. The van der Waals surface area contributed by atoms with Crippen LogP contribution >= 0.6 is 0 Å². The molecule has 0 aliphatic rings. The fraction of sp³-hybridized carbons (Fsp3) is 0.526. The predicted molar refractivity (Wildman–Crippen MR) is 97.7 cm³/mol.